The topological polar surface area (TPSA) is 111 Å². The maximum atomic E-state index is 12.8. The van der Waals surface area contributed by atoms with Crippen LogP contribution in [0.4, 0.5) is 10.5 Å². The number of ether oxygens (including phenoxy) is 2. The SMILES string of the molecule is COC(=O)[C@H](Cc1cc(NS(=O)(=O)c2cc(Cl)cc(Cl)c2)ccc1C)NC(=O)OC(C)(C)C. The second kappa shape index (κ2) is 10.6. The van der Waals surface area contributed by atoms with Crippen molar-refractivity contribution in [3.63, 3.8) is 0 Å². The summed E-state index contributed by atoms with van der Waals surface area (Å²) in [6.07, 6.45) is -0.721. The molecule has 0 aliphatic heterocycles. The third-order valence-corrected chi connectivity index (χ3v) is 6.15. The van der Waals surface area contributed by atoms with Crippen LogP contribution in [0.25, 0.3) is 0 Å². The average molecular weight is 517 g/mol. The summed E-state index contributed by atoms with van der Waals surface area (Å²) in [5.74, 6) is -0.667. The molecule has 1 amide bonds. The van der Waals surface area contributed by atoms with Gasteiger partial charge in [0, 0.05) is 22.2 Å². The van der Waals surface area contributed by atoms with Crippen molar-refractivity contribution in [2.24, 2.45) is 0 Å². The van der Waals surface area contributed by atoms with Gasteiger partial charge in [0.25, 0.3) is 10.0 Å². The van der Waals surface area contributed by atoms with E-state index in [1.807, 2.05) is 0 Å². The fourth-order valence-corrected chi connectivity index (χ4v) is 4.63. The van der Waals surface area contributed by atoms with Gasteiger partial charge in [-0.25, -0.2) is 18.0 Å². The molecule has 11 heteroatoms. The van der Waals surface area contributed by atoms with E-state index in [1.165, 1.54) is 25.3 Å². The Labute approximate surface area is 203 Å². The first-order chi connectivity index (χ1) is 15.2. The molecule has 2 rings (SSSR count). The number of aryl methyl sites for hydroxylation is 1. The number of rotatable bonds is 7. The van der Waals surface area contributed by atoms with Crippen molar-refractivity contribution in [1.29, 1.82) is 0 Å². The molecule has 0 saturated carbocycles. The number of carbonyl (C=O) groups excluding carboxylic acids is 2. The molecule has 0 saturated heterocycles. The van der Waals surface area contributed by atoms with Gasteiger partial charge in [-0.1, -0.05) is 29.3 Å². The van der Waals surface area contributed by atoms with E-state index < -0.39 is 33.7 Å². The van der Waals surface area contributed by atoms with Gasteiger partial charge in [0.2, 0.25) is 0 Å². The Kier molecular flexibility index (Phi) is 8.62. The van der Waals surface area contributed by atoms with Gasteiger partial charge in [-0.15, -0.1) is 0 Å². The number of sulfonamides is 1. The summed E-state index contributed by atoms with van der Waals surface area (Å²) >= 11 is 11.8. The van der Waals surface area contributed by atoms with Gasteiger partial charge in [-0.3, -0.25) is 4.72 Å². The van der Waals surface area contributed by atoms with Crippen LogP contribution in [0.15, 0.2) is 41.3 Å². The molecule has 8 nitrogen and oxygen atoms in total. The van der Waals surface area contributed by atoms with Crippen LogP contribution in [0.3, 0.4) is 0 Å². The van der Waals surface area contributed by atoms with Crippen LogP contribution in [0.1, 0.15) is 31.9 Å². The third kappa shape index (κ3) is 8.10. The molecule has 0 bridgehead atoms. The molecule has 0 heterocycles. The van der Waals surface area contributed by atoms with Gasteiger partial charge in [0.1, 0.15) is 11.6 Å². The van der Waals surface area contributed by atoms with Crippen molar-refractivity contribution in [2.45, 2.75) is 50.7 Å². The lowest BCUT2D eigenvalue weighted by Crippen LogP contribution is -2.45. The highest BCUT2D eigenvalue weighted by molar-refractivity contribution is 7.92. The summed E-state index contributed by atoms with van der Waals surface area (Å²) in [6.45, 7) is 6.90. The first-order valence-corrected chi connectivity index (χ1v) is 12.1. The zero-order chi connectivity index (χ0) is 25.0. The molecule has 33 heavy (non-hydrogen) atoms. The third-order valence-electron chi connectivity index (χ3n) is 4.35. The van der Waals surface area contributed by atoms with E-state index in [-0.39, 0.29) is 27.0 Å². The van der Waals surface area contributed by atoms with E-state index >= 15 is 0 Å². The Morgan fingerprint density at radius 1 is 1.06 bits per heavy atom. The van der Waals surface area contributed by atoms with Crippen LogP contribution in [0.5, 0.6) is 0 Å². The van der Waals surface area contributed by atoms with E-state index in [1.54, 1.807) is 45.9 Å². The Morgan fingerprint density at radius 3 is 2.21 bits per heavy atom. The number of hydrogen-bond donors (Lipinski definition) is 2. The summed E-state index contributed by atoms with van der Waals surface area (Å²) in [7, 11) is -2.77. The van der Waals surface area contributed by atoms with Crippen LogP contribution >= 0.6 is 23.2 Å². The lowest BCUT2D eigenvalue weighted by atomic mass is 10.0. The molecule has 2 aromatic rings. The monoisotopic (exact) mass is 516 g/mol. The molecule has 1 atom stereocenters. The maximum absolute atomic E-state index is 12.8. The Hall–Kier alpha value is -2.49. The number of benzene rings is 2. The fourth-order valence-electron chi connectivity index (χ4n) is 2.86. The molecule has 0 aliphatic rings. The minimum Gasteiger partial charge on any atom is -0.467 e. The van der Waals surface area contributed by atoms with E-state index in [2.05, 4.69) is 10.0 Å². The minimum absolute atomic E-state index is 0.0519. The molecule has 0 aliphatic carbocycles. The second-order valence-electron chi connectivity index (χ2n) is 8.28. The Morgan fingerprint density at radius 2 is 1.67 bits per heavy atom. The van der Waals surface area contributed by atoms with E-state index in [0.717, 1.165) is 5.56 Å². The number of nitrogens with one attached hydrogen (secondary N) is 2. The highest BCUT2D eigenvalue weighted by atomic mass is 35.5. The zero-order valence-electron chi connectivity index (χ0n) is 18.9. The molecule has 180 valence electrons. The normalized spacial score (nSPS) is 12.6. The number of amides is 1. The van der Waals surface area contributed by atoms with Gasteiger partial charge in [0.15, 0.2) is 0 Å². The standard InChI is InChI=1S/C22H26Cl2N2O6S/c1-13-6-7-17(26-33(29,30)18-11-15(23)10-16(24)12-18)8-14(13)9-19(20(27)31-5)25-21(28)32-22(2,3)4/h6-8,10-12,19,26H,9H2,1-5H3,(H,25,28)/t19-/m0/s1. The summed E-state index contributed by atoms with van der Waals surface area (Å²) in [6, 6.07) is 7.80. The molecule has 2 aromatic carbocycles. The van der Waals surface area contributed by atoms with Crippen molar-refractivity contribution in [3.8, 4) is 0 Å². The smallest absolute Gasteiger partial charge is 0.408 e. The average Bonchev–Trinajstić information content (AvgIpc) is 2.67. The van der Waals surface area contributed by atoms with Crippen LogP contribution in [-0.4, -0.2) is 39.2 Å². The molecule has 0 radical (unpaired) electrons. The number of carbonyl (C=O) groups is 2. The molecule has 0 spiro atoms. The van der Waals surface area contributed by atoms with E-state index in [0.29, 0.717) is 5.56 Å². The summed E-state index contributed by atoms with van der Waals surface area (Å²) in [5, 5.41) is 2.87. The number of methoxy groups -OCH3 is 1. The maximum Gasteiger partial charge on any atom is 0.408 e. The van der Waals surface area contributed by atoms with Crippen LogP contribution < -0.4 is 10.0 Å². The molecule has 0 unspecified atom stereocenters. The molecular formula is C22H26Cl2N2O6S. The fraction of sp³-hybridized carbons (Fsp3) is 0.364. The van der Waals surface area contributed by atoms with Crippen molar-refractivity contribution in [3.05, 3.63) is 57.6 Å². The number of alkyl carbamates (subject to hydrolysis) is 1. The van der Waals surface area contributed by atoms with Crippen LogP contribution in [-0.2, 0) is 30.7 Å². The van der Waals surface area contributed by atoms with E-state index in [4.69, 9.17) is 32.7 Å². The highest BCUT2D eigenvalue weighted by Gasteiger charge is 2.26. The van der Waals surface area contributed by atoms with Gasteiger partial charge in [0.05, 0.1) is 12.0 Å². The quantitative estimate of drug-likeness (QED) is 0.515. The molecule has 2 N–H and O–H groups in total. The predicted octanol–water partition coefficient (Wildman–Crippen LogP) is 4.71. The zero-order valence-corrected chi connectivity index (χ0v) is 21.2. The van der Waals surface area contributed by atoms with Crippen molar-refractivity contribution in [2.75, 3.05) is 11.8 Å². The minimum atomic E-state index is -3.98. The lowest BCUT2D eigenvalue weighted by molar-refractivity contribution is -0.143. The predicted molar refractivity (Wildman–Crippen MR) is 127 cm³/mol. The van der Waals surface area contributed by atoms with Crippen molar-refractivity contribution >= 4 is 51.0 Å². The van der Waals surface area contributed by atoms with Crippen LogP contribution in [0.2, 0.25) is 10.0 Å². The lowest BCUT2D eigenvalue weighted by Gasteiger charge is -2.23. The number of esters is 1. The van der Waals surface area contributed by atoms with Crippen LogP contribution in [0, 0.1) is 6.92 Å². The summed E-state index contributed by atoms with van der Waals surface area (Å²) < 4.78 is 38.1. The largest absolute Gasteiger partial charge is 0.467 e. The Balaban J connectivity index is 2.28. The molecule has 0 fully saturated rings. The number of halogens is 2. The first-order valence-electron chi connectivity index (χ1n) is 9.86. The van der Waals surface area contributed by atoms with Gasteiger partial charge in [-0.05, 0) is 69.2 Å². The van der Waals surface area contributed by atoms with Crippen molar-refractivity contribution in [1.82, 2.24) is 5.32 Å². The molecular weight excluding hydrogens is 491 g/mol. The molecule has 0 aromatic heterocycles. The van der Waals surface area contributed by atoms with Gasteiger partial charge < -0.3 is 14.8 Å². The number of hydrogen-bond acceptors (Lipinski definition) is 6. The highest BCUT2D eigenvalue weighted by Crippen LogP contribution is 2.25. The Bertz CT molecular complexity index is 1130. The summed E-state index contributed by atoms with van der Waals surface area (Å²) in [4.78, 5) is 24.3. The second-order valence-corrected chi connectivity index (χ2v) is 10.8. The van der Waals surface area contributed by atoms with Gasteiger partial charge in [-0.2, -0.15) is 0 Å². The van der Waals surface area contributed by atoms with Crippen molar-refractivity contribution < 1.29 is 27.5 Å². The first kappa shape index (κ1) is 26.8. The van der Waals surface area contributed by atoms with E-state index in [9.17, 15) is 18.0 Å². The number of anilines is 1. The summed E-state index contributed by atoms with van der Waals surface area (Å²) in [5.41, 5.74) is 0.907. The van der Waals surface area contributed by atoms with Gasteiger partial charge >= 0.3 is 12.1 Å².